The van der Waals surface area contributed by atoms with Gasteiger partial charge in [0.15, 0.2) is 10.1 Å². The molecule has 0 saturated carbocycles. The van der Waals surface area contributed by atoms with Crippen molar-refractivity contribution < 1.29 is 40.2 Å². The molecule has 3 heterocycles. The van der Waals surface area contributed by atoms with E-state index in [1.54, 1.807) is 0 Å². The molecular formula is C12H17F3N2O5S. The number of aromatic nitrogens is 2. The van der Waals surface area contributed by atoms with Crippen LogP contribution in [0.1, 0.15) is 27.7 Å². The minimum absolute atomic E-state index is 0.0338. The van der Waals surface area contributed by atoms with Gasteiger partial charge in [0.25, 0.3) is 6.33 Å². The third-order valence-corrected chi connectivity index (χ3v) is 4.13. The summed E-state index contributed by atoms with van der Waals surface area (Å²) in [5.74, 6) is 1.76. The van der Waals surface area contributed by atoms with E-state index in [4.69, 9.17) is 22.4 Å². The summed E-state index contributed by atoms with van der Waals surface area (Å²) in [5.41, 5.74) is -5.58. The Labute approximate surface area is 131 Å². The smallest absolute Gasteiger partial charge is 0.485 e. The van der Waals surface area contributed by atoms with Gasteiger partial charge in [0.2, 0.25) is 0 Å². The predicted octanol–water partition coefficient (Wildman–Crippen LogP) is 1.08. The Balaban J connectivity index is 0.000000207. The summed E-state index contributed by atoms with van der Waals surface area (Å²) in [6.07, 6.45) is 2.12. The van der Waals surface area contributed by atoms with Crippen LogP contribution >= 0.6 is 0 Å². The molecule has 2 aliphatic rings. The lowest BCUT2D eigenvalue weighted by Gasteiger charge is -2.14. The monoisotopic (exact) mass is 358 g/mol. The number of imidazole rings is 1. The summed E-state index contributed by atoms with van der Waals surface area (Å²) in [6, 6.07) is 0. The lowest BCUT2D eigenvalue weighted by molar-refractivity contribution is -0.739. The Morgan fingerprint density at radius 1 is 1.22 bits per heavy atom. The summed E-state index contributed by atoms with van der Waals surface area (Å²) >= 11 is 0. The van der Waals surface area contributed by atoms with E-state index in [1.807, 2.05) is 0 Å². The third-order valence-electron chi connectivity index (χ3n) is 3.56. The summed E-state index contributed by atoms with van der Waals surface area (Å²) < 4.78 is 74.7. The van der Waals surface area contributed by atoms with Crippen LogP contribution < -0.4 is 14.0 Å². The van der Waals surface area contributed by atoms with Gasteiger partial charge in [-0.3, -0.25) is 0 Å². The average Bonchev–Trinajstić information content (AvgIpc) is 2.92. The number of hydrogen-bond donors (Lipinski definition) is 0. The number of halogens is 3. The van der Waals surface area contributed by atoms with Crippen molar-refractivity contribution in [3.8, 4) is 11.8 Å². The maximum atomic E-state index is 10.7. The molecular weight excluding hydrogens is 341 g/mol. The molecule has 0 radical (unpaired) electrons. The SMILES string of the molecule is CC1(C)COc2c3[n+](cn21)C(C)(C)CO3.O=S(=O)([O-])C(F)(F)F. The molecule has 1 aromatic rings. The van der Waals surface area contributed by atoms with Crippen molar-refractivity contribution in [2.75, 3.05) is 13.2 Å². The van der Waals surface area contributed by atoms with Gasteiger partial charge in [-0.25, -0.2) is 8.42 Å². The van der Waals surface area contributed by atoms with Gasteiger partial charge < -0.3 is 14.0 Å². The average molecular weight is 358 g/mol. The largest absolute Gasteiger partial charge is 0.741 e. The van der Waals surface area contributed by atoms with Gasteiger partial charge in [0.1, 0.15) is 24.3 Å². The number of fused-ring (bicyclic) bond motifs is 3. The number of nitrogens with zero attached hydrogens (tertiary/aromatic N) is 2. The van der Waals surface area contributed by atoms with Crippen molar-refractivity contribution in [1.29, 1.82) is 0 Å². The van der Waals surface area contributed by atoms with E-state index in [1.165, 1.54) is 0 Å². The fraction of sp³-hybridized carbons (Fsp3) is 0.750. The summed E-state index contributed by atoms with van der Waals surface area (Å²) in [4.78, 5) is 0. The van der Waals surface area contributed by atoms with Gasteiger partial charge in [-0.05, 0) is 27.7 Å². The van der Waals surface area contributed by atoms with Crippen LogP contribution in [0, 0.1) is 0 Å². The Hall–Kier alpha value is -1.49. The van der Waals surface area contributed by atoms with Gasteiger partial charge in [0, 0.05) is 0 Å². The second kappa shape index (κ2) is 5.00. The van der Waals surface area contributed by atoms with Crippen molar-refractivity contribution >= 4 is 10.1 Å². The Bertz CT molecular complexity index is 683. The van der Waals surface area contributed by atoms with Crippen molar-refractivity contribution in [3.05, 3.63) is 6.33 Å². The molecule has 0 spiro atoms. The van der Waals surface area contributed by atoms with E-state index in [0.717, 1.165) is 25.0 Å². The van der Waals surface area contributed by atoms with Crippen molar-refractivity contribution in [1.82, 2.24) is 4.57 Å². The maximum absolute atomic E-state index is 10.7. The molecule has 11 heteroatoms. The van der Waals surface area contributed by atoms with Crippen LogP contribution in [-0.2, 0) is 21.2 Å². The lowest BCUT2D eigenvalue weighted by Crippen LogP contribution is -2.49. The molecule has 23 heavy (non-hydrogen) atoms. The predicted molar refractivity (Wildman–Crippen MR) is 70.0 cm³/mol. The summed E-state index contributed by atoms with van der Waals surface area (Å²) in [5, 5.41) is 0. The quantitative estimate of drug-likeness (QED) is 0.394. The first-order chi connectivity index (χ1) is 10.2. The standard InChI is InChI=1S/C11H17N2O2.CHF3O3S/c1-10(2)5-14-8-9-13(7-12(8)10)11(3,4)6-15-9;2-1(3,4)8(5,6)7/h7H,5-6H2,1-4H3;(H,5,6,7)/q+1;/p-1. The zero-order valence-electron chi connectivity index (χ0n) is 13.0. The first-order valence-electron chi connectivity index (χ1n) is 6.62. The Morgan fingerprint density at radius 2 is 1.74 bits per heavy atom. The van der Waals surface area contributed by atoms with Gasteiger partial charge in [0.05, 0.1) is 0 Å². The fourth-order valence-electron chi connectivity index (χ4n) is 2.18. The zero-order valence-corrected chi connectivity index (χ0v) is 13.8. The molecule has 0 unspecified atom stereocenters. The van der Waals surface area contributed by atoms with Gasteiger partial charge in [-0.2, -0.15) is 22.3 Å². The highest BCUT2D eigenvalue weighted by Gasteiger charge is 2.49. The molecule has 0 saturated heterocycles. The highest BCUT2D eigenvalue weighted by Crippen LogP contribution is 2.40. The minimum atomic E-state index is -6.09. The number of rotatable bonds is 0. The number of hydrogen-bond acceptors (Lipinski definition) is 5. The highest BCUT2D eigenvalue weighted by molar-refractivity contribution is 7.86. The summed E-state index contributed by atoms with van der Waals surface area (Å²) in [6.45, 7) is 10.1. The normalized spacial score (nSPS) is 20.7. The van der Waals surface area contributed by atoms with Crippen LogP contribution in [0.4, 0.5) is 13.2 Å². The van der Waals surface area contributed by atoms with Crippen molar-refractivity contribution in [2.24, 2.45) is 0 Å². The van der Waals surface area contributed by atoms with Crippen LogP contribution in [0.25, 0.3) is 0 Å². The van der Waals surface area contributed by atoms with Gasteiger partial charge >= 0.3 is 17.3 Å². The van der Waals surface area contributed by atoms with Gasteiger partial charge in [-0.15, -0.1) is 0 Å². The number of ether oxygens (including phenoxy) is 2. The molecule has 2 aliphatic heterocycles. The van der Waals surface area contributed by atoms with E-state index in [-0.39, 0.29) is 11.1 Å². The van der Waals surface area contributed by atoms with Crippen LogP contribution in [0.3, 0.4) is 0 Å². The van der Waals surface area contributed by atoms with Crippen molar-refractivity contribution in [3.63, 3.8) is 0 Å². The topological polar surface area (TPSA) is 84.5 Å². The molecule has 132 valence electrons. The Kier molecular flexibility index (Phi) is 3.88. The molecule has 0 atom stereocenters. The fourth-order valence-corrected chi connectivity index (χ4v) is 2.18. The van der Waals surface area contributed by atoms with E-state index >= 15 is 0 Å². The van der Waals surface area contributed by atoms with Crippen molar-refractivity contribution in [2.45, 2.75) is 44.3 Å². The van der Waals surface area contributed by atoms with Crippen LogP contribution in [0.15, 0.2) is 6.33 Å². The molecule has 1 aromatic heterocycles. The first-order valence-corrected chi connectivity index (χ1v) is 8.03. The molecule has 0 bridgehead atoms. The molecule has 0 aliphatic carbocycles. The van der Waals surface area contributed by atoms with Gasteiger partial charge in [-0.1, -0.05) is 0 Å². The molecule has 0 amide bonds. The minimum Gasteiger partial charge on any atom is -0.741 e. The van der Waals surface area contributed by atoms with E-state index in [9.17, 15) is 13.2 Å². The second-order valence-electron chi connectivity index (χ2n) is 6.57. The van der Waals surface area contributed by atoms with E-state index < -0.39 is 15.6 Å². The van der Waals surface area contributed by atoms with Crippen LogP contribution in [0.2, 0.25) is 0 Å². The Morgan fingerprint density at radius 3 is 2.22 bits per heavy atom. The third kappa shape index (κ3) is 3.11. The molecule has 0 N–H and O–H groups in total. The molecule has 0 aromatic carbocycles. The first kappa shape index (κ1) is 17.9. The van der Waals surface area contributed by atoms with Crippen LogP contribution in [-0.4, -0.2) is 36.3 Å². The molecule has 7 nitrogen and oxygen atoms in total. The molecule has 3 rings (SSSR count). The van der Waals surface area contributed by atoms with E-state index in [0.29, 0.717) is 0 Å². The second-order valence-corrected chi connectivity index (χ2v) is 7.94. The summed E-state index contributed by atoms with van der Waals surface area (Å²) in [7, 11) is -6.09. The highest BCUT2D eigenvalue weighted by atomic mass is 32.2. The number of alkyl halides is 3. The molecule has 0 fully saturated rings. The lowest BCUT2D eigenvalue weighted by atomic mass is 10.1. The van der Waals surface area contributed by atoms with E-state index in [2.05, 4.69) is 43.2 Å². The van der Waals surface area contributed by atoms with Crippen LogP contribution in [0.5, 0.6) is 11.8 Å². The maximum Gasteiger partial charge on any atom is 0.485 e. The zero-order chi connectivity index (χ0) is 17.8.